The van der Waals surface area contributed by atoms with E-state index in [0.717, 1.165) is 16.3 Å². The van der Waals surface area contributed by atoms with Crippen LogP contribution in [0.2, 0.25) is 0 Å². The Labute approximate surface area is 134 Å². The van der Waals surface area contributed by atoms with Crippen LogP contribution in [0.1, 0.15) is 22.0 Å². The van der Waals surface area contributed by atoms with Crippen molar-refractivity contribution in [3.05, 3.63) is 78.1 Å². The van der Waals surface area contributed by atoms with E-state index in [4.69, 9.17) is 0 Å². The third-order valence-corrected chi connectivity index (χ3v) is 4.33. The van der Waals surface area contributed by atoms with E-state index in [1.807, 2.05) is 47.4 Å². The van der Waals surface area contributed by atoms with Gasteiger partial charge in [0.2, 0.25) is 0 Å². The Bertz CT molecular complexity index is 842. The molecule has 0 bridgehead atoms. The molecule has 0 saturated carbocycles. The van der Waals surface area contributed by atoms with E-state index >= 15 is 0 Å². The summed E-state index contributed by atoms with van der Waals surface area (Å²) in [6.07, 6.45) is 3.52. The van der Waals surface area contributed by atoms with Gasteiger partial charge in [-0.2, -0.15) is 0 Å². The summed E-state index contributed by atoms with van der Waals surface area (Å²) < 4.78 is 0. The third-order valence-electron chi connectivity index (χ3n) is 4.33. The lowest BCUT2D eigenvalue weighted by Crippen LogP contribution is -2.29. The normalized spacial score (nSPS) is 17.6. The summed E-state index contributed by atoms with van der Waals surface area (Å²) in [6.45, 7) is 1.25. The highest BCUT2D eigenvalue weighted by atomic mass is 16.2. The van der Waals surface area contributed by atoms with Gasteiger partial charge < -0.3 is 4.90 Å². The summed E-state index contributed by atoms with van der Waals surface area (Å²) in [5.41, 5.74) is 1.95. The van der Waals surface area contributed by atoms with Gasteiger partial charge in [0.15, 0.2) is 0 Å². The average molecular weight is 303 g/mol. The molecule has 2 heterocycles. The Hall–Kier alpha value is -2.72. The van der Waals surface area contributed by atoms with E-state index in [2.05, 4.69) is 22.4 Å². The van der Waals surface area contributed by atoms with E-state index in [9.17, 15) is 4.79 Å². The lowest BCUT2D eigenvalue weighted by Gasteiger charge is -2.16. The van der Waals surface area contributed by atoms with Crippen molar-refractivity contribution in [2.24, 2.45) is 0 Å². The number of hydrogen-bond donors (Lipinski definition) is 1. The Balaban J connectivity index is 1.60. The van der Waals surface area contributed by atoms with Crippen molar-refractivity contribution in [3.8, 4) is 0 Å². The predicted molar refractivity (Wildman–Crippen MR) is 90.0 cm³/mol. The second-order valence-electron chi connectivity index (χ2n) is 5.76. The highest BCUT2D eigenvalue weighted by molar-refractivity contribution is 6.06. The van der Waals surface area contributed by atoms with Crippen molar-refractivity contribution in [1.82, 2.24) is 15.2 Å². The smallest absolute Gasteiger partial charge is 0.255 e. The molecule has 1 fully saturated rings. The minimum absolute atomic E-state index is 0.0627. The average Bonchev–Trinajstić information content (AvgIpc) is 3.11. The second-order valence-corrected chi connectivity index (χ2v) is 5.76. The highest BCUT2D eigenvalue weighted by Crippen LogP contribution is 2.23. The highest BCUT2D eigenvalue weighted by Gasteiger charge is 2.27. The van der Waals surface area contributed by atoms with Crippen molar-refractivity contribution >= 4 is 16.7 Å². The fourth-order valence-corrected chi connectivity index (χ4v) is 3.11. The fraction of sp³-hybridized carbons (Fsp3) is 0.158. The maximum absolute atomic E-state index is 12.9. The van der Waals surface area contributed by atoms with Crippen molar-refractivity contribution in [3.63, 3.8) is 0 Å². The minimum atomic E-state index is 0.0627. The number of hydrogen-bond acceptors (Lipinski definition) is 3. The molecular formula is C19H17N3O. The summed E-state index contributed by atoms with van der Waals surface area (Å²) in [5.74, 6) is 0.0627. The molecule has 1 amide bonds. The molecule has 23 heavy (non-hydrogen) atoms. The lowest BCUT2D eigenvalue weighted by molar-refractivity contribution is 0.0790. The molecule has 1 N–H and O–H groups in total. The molecular weight excluding hydrogens is 286 g/mol. The molecule has 4 nitrogen and oxygen atoms in total. The van der Waals surface area contributed by atoms with Crippen LogP contribution >= 0.6 is 0 Å². The minimum Gasteiger partial charge on any atom is -0.324 e. The van der Waals surface area contributed by atoms with Gasteiger partial charge in [0, 0.05) is 29.9 Å². The largest absolute Gasteiger partial charge is 0.324 e. The summed E-state index contributed by atoms with van der Waals surface area (Å²) in [6, 6.07) is 18.1. The number of carbonyl (C=O) groups is 1. The van der Waals surface area contributed by atoms with Crippen LogP contribution in [0.15, 0.2) is 67.0 Å². The summed E-state index contributed by atoms with van der Waals surface area (Å²) in [5, 5.41) is 5.36. The molecule has 1 unspecified atom stereocenters. The molecule has 0 radical (unpaired) electrons. The first kappa shape index (κ1) is 13.9. The maximum atomic E-state index is 12.9. The van der Waals surface area contributed by atoms with Crippen molar-refractivity contribution in [2.75, 3.05) is 13.2 Å². The van der Waals surface area contributed by atoms with Gasteiger partial charge in [0.25, 0.3) is 5.91 Å². The van der Waals surface area contributed by atoms with Crippen LogP contribution in [0.5, 0.6) is 0 Å². The Morgan fingerprint density at radius 2 is 1.96 bits per heavy atom. The molecule has 1 aliphatic rings. The number of nitrogens with zero attached hydrogens (tertiary/aromatic N) is 2. The van der Waals surface area contributed by atoms with Crippen LogP contribution in [-0.2, 0) is 0 Å². The van der Waals surface area contributed by atoms with Crippen molar-refractivity contribution in [2.45, 2.75) is 6.04 Å². The van der Waals surface area contributed by atoms with E-state index in [1.165, 1.54) is 5.56 Å². The molecule has 0 spiro atoms. The van der Waals surface area contributed by atoms with Gasteiger partial charge in [-0.1, -0.05) is 42.5 Å². The first-order chi connectivity index (χ1) is 11.3. The van der Waals surface area contributed by atoms with Gasteiger partial charge in [0.1, 0.15) is 0 Å². The van der Waals surface area contributed by atoms with Crippen molar-refractivity contribution in [1.29, 1.82) is 0 Å². The Kier molecular flexibility index (Phi) is 3.52. The second kappa shape index (κ2) is 5.82. The summed E-state index contributed by atoms with van der Waals surface area (Å²) in [7, 11) is 0. The monoisotopic (exact) mass is 303 g/mol. The fourth-order valence-electron chi connectivity index (χ4n) is 3.11. The van der Waals surface area contributed by atoms with E-state index in [-0.39, 0.29) is 11.9 Å². The SMILES string of the molecule is O=C(c1cccc2cnccc12)N1CNC(c2ccccc2)C1. The maximum Gasteiger partial charge on any atom is 0.255 e. The molecule has 1 aliphatic heterocycles. The zero-order valence-electron chi connectivity index (χ0n) is 12.6. The first-order valence-electron chi connectivity index (χ1n) is 7.73. The molecule has 2 aromatic carbocycles. The summed E-state index contributed by atoms with van der Waals surface area (Å²) >= 11 is 0. The topological polar surface area (TPSA) is 45.2 Å². The number of carbonyl (C=O) groups excluding carboxylic acids is 1. The standard InChI is InChI=1S/C19H17N3O/c23-19(17-8-4-7-15-11-20-10-9-16(15)17)22-12-18(21-13-22)14-5-2-1-3-6-14/h1-11,18,21H,12-13H2. The van der Waals surface area contributed by atoms with E-state index in [1.54, 1.807) is 12.4 Å². The molecule has 1 atom stereocenters. The van der Waals surface area contributed by atoms with Crippen LogP contribution in [0.4, 0.5) is 0 Å². The van der Waals surface area contributed by atoms with Crippen molar-refractivity contribution < 1.29 is 4.79 Å². The zero-order valence-corrected chi connectivity index (χ0v) is 12.6. The zero-order chi connectivity index (χ0) is 15.6. The summed E-state index contributed by atoms with van der Waals surface area (Å²) in [4.78, 5) is 18.9. The molecule has 4 heteroatoms. The van der Waals surface area contributed by atoms with Crippen LogP contribution in [0.25, 0.3) is 10.8 Å². The lowest BCUT2D eigenvalue weighted by atomic mass is 10.0. The number of fused-ring (bicyclic) bond motifs is 1. The van der Waals surface area contributed by atoms with Gasteiger partial charge in [-0.15, -0.1) is 0 Å². The number of benzene rings is 2. The Morgan fingerprint density at radius 3 is 2.83 bits per heavy atom. The predicted octanol–water partition coefficient (Wildman–Crippen LogP) is 2.98. The van der Waals surface area contributed by atoms with Gasteiger partial charge in [-0.25, -0.2) is 0 Å². The third kappa shape index (κ3) is 2.58. The molecule has 1 saturated heterocycles. The van der Waals surface area contributed by atoms with Gasteiger partial charge in [0.05, 0.1) is 12.7 Å². The number of rotatable bonds is 2. The number of amides is 1. The molecule has 114 valence electrons. The van der Waals surface area contributed by atoms with E-state index < -0.39 is 0 Å². The van der Waals surface area contributed by atoms with Crippen LogP contribution in [0.3, 0.4) is 0 Å². The molecule has 3 aromatic rings. The molecule has 4 rings (SSSR count). The first-order valence-corrected chi connectivity index (χ1v) is 7.73. The van der Waals surface area contributed by atoms with Gasteiger partial charge in [-0.3, -0.25) is 15.1 Å². The molecule has 1 aromatic heterocycles. The van der Waals surface area contributed by atoms with Crippen LogP contribution in [-0.4, -0.2) is 29.0 Å². The number of pyridine rings is 1. The van der Waals surface area contributed by atoms with Crippen LogP contribution in [0, 0.1) is 0 Å². The Morgan fingerprint density at radius 1 is 1.09 bits per heavy atom. The van der Waals surface area contributed by atoms with Gasteiger partial charge in [-0.05, 0) is 23.1 Å². The number of aromatic nitrogens is 1. The quantitative estimate of drug-likeness (QED) is 0.791. The van der Waals surface area contributed by atoms with Gasteiger partial charge >= 0.3 is 0 Å². The van der Waals surface area contributed by atoms with E-state index in [0.29, 0.717) is 13.2 Å². The number of nitrogens with one attached hydrogen (secondary N) is 1. The van der Waals surface area contributed by atoms with Crippen LogP contribution < -0.4 is 5.32 Å². The molecule has 0 aliphatic carbocycles.